The van der Waals surface area contributed by atoms with Crippen molar-refractivity contribution in [3.8, 4) is 5.75 Å². The van der Waals surface area contributed by atoms with Gasteiger partial charge in [0, 0.05) is 15.1 Å². The zero-order valence-electron chi connectivity index (χ0n) is 7.31. The van der Waals surface area contributed by atoms with Gasteiger partial charge in [-0.15, -0.1) is 0 Å². The Bertz CT molecular complexity index is 304. The lowest BCUT2D eigenvalue weighted by Gasteiger charge is -2.10. The standard InChI is InChI=1S/C9H11BrClNO/c1-13-9-5-6(11)4-8(10)7(9)2-3-12/h4-5H,2-3,12H2,1H3. The number of methoxy groups -OCH3 is 1. The van der Waals surface area contributed by atoms with E-state index < -0.39 is 0 Å². The average Bonchev–Trinajstić information content (AvgIpc) is 2.09. The number of halogens is 2. The molecule has 0 saturated heterocycles. The van der Waals surface area contributed by atoms with E-state index in [-0.39, 0.29) is 0 Å². The monoisotopic (exact) mass is 263 g/mol. The molecule has 0 radical (unpaired) electrons. The first-order chi connectivity index (χ1) is 6.19. The lowest BCUT2D eigenvalue weighted by atomic mass is 10.1. The summed E-state index contributed by atoms with van der Waals surface area (Å²) in [5.74, 6) is 0.782. The fourth-order valence-electron chi connectivity index (χ4n) is 1.15. The highest BCUT2D eigenvalue weighted by atomic mass is 79.9. The molecule has 0 amide bonds. The summed E-state index contributed by atoms with van der Waals surface area (Å²) in [4.78, 5) is 0. The molecular formula is C9H11BrClNO. The van der Waals surface area contributed by atoms with Gasteiger partial charge < -0.3 is 10.5 Å². The highest BCUT2D eigenvalue weighted by Crippen LogP contribution is 2.31. The SMILES string of the molecule is COc1cc(Cl)cc(Br)c1CCN. The zero-order valence-corrected chi connectivity index (χ0v) is 9.65. The number of benzene rings is 1. The average molecular weight is 265 g/mol. The molecule has 2 nitrogen and oxygen atoms in total. The maximum absolute atomic E-state index is 5.86. The highest BCUT2D eigenvalue weighted by molar-refractivity contribution is 9.10. The van der Waals surface area contributed by atoms with E-state index in [0.717, 1.165) is 22.2 Å². The van der Waals surface area contributed by atoms with E-state index in [1.54, 1.807) is 13.2 Å². The Hall–Kier alpha value is -0.250. The second-order valence-electron chi connectivity index (χ2n) is 2.61. The largest absolute Gasteiger partial charge is 0.496 e. The molecule has 0 atom stereocenters. The maximum Gasteiger partial charge on any atom is 0.124 e. The van der Waals surface area contributed by atoms with Gasteiger partial charge in [0.1, 0.15) is 5.75 Å². The number of rotatable bonds is 3. The Labute approximate surface area is 91.2 Å². The van der Waals surface area contributed by atoms with Crippen LogP contribution in [0.15, 0.2) is 16.6 Å². The summed E-state index contributed by atoms with van der Waals surface area (Å²) in [6, 6.07) is 3.63. The van der Waals surface area contributed by atoms with Gasteiger partial charge in [0.15, 0.2) is 0 Å². The summed E-state index contributed by atoms with van der Waals surface area (Å²) in [5, 5.41) is 0.657. The van der Waals surface area contributed by atoms with Crippen LogP contribution in [0.5, 0.6) is 5.75 Å². The van der Waals surface area contributed by atoms with Crippen molar-refractivity contribution in [2.24, 2.45) is 5.73 Å². The fourth-order valence-corrected chi connectivity index (χ4v) is 2.13. The summed E-state index contributed by atoms with van der Waals surface area (Å²) in [6.07, 6.45) is 0.779. The minimum atomic E-state index is 0.594. The van der Waals surface area contributed by atoms with Crippen LogP contribution in [0.3, 0.4) is 0 Å². The first-order valence-corrected chi connectivity index (χ1v) is 5.08. The van der Waals surface area contributed by atoms with Crippen molar-refractivity contribution >= 4 is 27.5 Å². The smallest absolute Gasteiger partial charge is 0.124 e. The number of ether oxygens (including phenoxy) is 1. The van der Waals surface area contributed by atoms with Gasteiger partial charge in [-0.2, -0.15) is 0 Å². The molecule has 1 aromatic rings. The Morgan fingerprint density at radius 3 is 2.77 bits per heavy atom. The van der Waals surface area contributed by atoms with Gasteiger partial charge in [0.05, 0.1) is 7.11 Å². The molecule has 2 N–H and O–H groups in total. The van der Waals surface area contributed by atoms with Crippen molar-refractivity contribution < 1.29 is 4.74 Å². The van der Waals surface area contributed by atoms with E-state index in [1.807, 2.05) is 6.07 Å². The highest BCUT2D eigenvalue weighted by Gasteiger charge is 2.07. The van der Waals surface area contributed by atoms with Crippen molar-refractivity contribution in [1.82, 2.24) is 0 Å². The summed E-state index contributed by atoms with van der Waals surface area (Å²) in [5.41, 5.74) is 6.55. The predicted molar refractivity (Wildman–Crippen MR) is 58.5 cm³/mol. The van der Waals surface area contributed by atoms with E-state index >= 15 is 0 Å². The molecule has 0 saturated carbocycles. The van der Waals surface area contributed by atoms with Crippen molar-refractivity contribution in [3.63, 3.8) is 0 Å². The molecule has 0 bridgehead atoms. The van der Waals surface area contributed by atoms with Gasteiger partial charge in [-0.25, -0.2) is 0 Å². The third-order valence-corrected chi connectivity index (χ3v) is 2.66. The first kappa shape index (κ1) is 10.8. The molecule has 0 aliphatic heterocycles. The van der Waals surface area contributed by atoms with E-state index in [2.05, 4.69) is 15.9 Å². The minimum absolute atomic E-state index is 0.594. The summed E-state index contributed by atoms with van der Waals surface area (Å²) < 4.78 is 6.14. The lowest BCUT2D eigenvalue weighted by Crippen LogP contribution is -2.05. The van der Waals surface area contributed by atoms with Crippen LogP contribution in [0.1, 0.15) is 5.56 Å². The van der Waals surface area contributed by atoms with Crippen LogP contribution in [0.4, 0.5) is 0 Å². The van der Waals surface area contributed by atoms with Crippen molar-refractivity contribution in [2.45, 2.75) is 6.42 Å². The molecule has 13 heavy (non-hydrogen) atoms. The maximum atomic E-state index is 5.86. The molecule has 0 aromatic heterocycles. The van der Waals surface area contributed by atoms with Crippen molar-refractivity contribution in [1.29, 1.82) is 0 Å². The second-order valence-corrected chi connectivity index (χ2v) is 3.90. The lowest BCUT2D eigenvalue weighted by molar-refractivity contribution is 0.409. The van der Waals surface area contributed by atoms with E-state index in [0.29, 0.717) is 11.6 Å². The molecular weight excluding hydrogens is 253 g/mol. The van der Waals surface area contributed by atoms with Crippen LogP contribution in [0.25, 0.3) is 0 Å². The Morgan fingerprint density at radius 1 is 1.54 bits per heavy atom. The summed E-state index contributed by atoms with van der Waals surface area (Å²) in [6.45, 7) is 0.594. The van der Waals surface area contributed by atoms with Gasteiger partial charge in [-0.3, -0.25) is 0 Å². The van der Waals surface area contributed by atoms with Gasteiger partial charge in [0.25, 0.3) is 0 Å². The molecule has 0 heterocycles. The molecule has 1 rings (SSSR count). The Balaban J connectivity index is 3.13. The van der Waals surface area contributed by atoms with Gasteiger partial charge in [-0.1, -0.05) is 27.5 Å². The third kappa shape index (κ3) is 2.59. The molecule has 0 unspecified atom stereocenters. The third-order valence-electron chi connectivity index (χ3n) is 1.73. The molecule has 0 aliphatic carbocycles. The minimum Gasteiger partial charge on any atom is -0.496 e. The number of hydrogen-bond donors (Lipinski definition) is 1. The number of nitrogens with two attached hydrogens (primary N) is 1. The van der Waals surface area contributed by atoms with Crippen molar-refractivity contribution in [3.05, 3.63) is 27.2 Å². The van der Waals surface area contributed by atoms with Gasteiger partial charge in [0.2, 0.25) is 0 Å². The van der Waals surface area contributed by atoms with E-state index in [9.17, 15) is 0 Å². The van der Waals surface area contributed by atoms with Crippen LogP contribution in [-0.4, -0.2) is 13.7 Å². The normalized spacial score (nSPS) is 10.2. The molecule has 0 aliphatic rings. The second kappa shape index (κ2) is 4.84. The van der Waals surface area contributed by atoms with Crippen LogP contribution >= 0.6 is 27.5 Å². The van der Waals surface area contributed by atoms with Crippen molar-refractivity contribution in [2.75, 3.05) is 13.7 Å². The summed E-state index contributed by atoms with van der Waals surface area (Å²) in [7, 11) is 1.62. The van der Waals surface area contributed by atoms with Gasteiger partial charge in [-0.05, 0) is 25.1 Å². The number of hydrogen-bond acceptors (Lipinski definition) is 2. The van der Waals surface area contributed by atoms with Gasteiger partial charge >= 0.3 is 0 Å². The Kier molecular flexibility index (Phi) is 4.03. The fraction of sp³-hybridized carbons (Fsp3) is 0.333. The quantitative estimate of drug-likeness (QED) is 0.911. The van der Waals surface area contributed by atoms with Crippen LogP contribution < -0.4 is 10.5 Å². The summed E-state index contributed by atoms with van der Waals surface area (Å²) >= 11 is 9.28. The van der Waals surface area contributed by atoms with Crippen LogP contribution in [0.2, 0.25) is 5.02 Å². The zero-order chi connectivity index (χ0) is 9.84. The van der Waals surface area contributed by atoms with E-state index in [1.165, 1.54) is 0 Å². The molecule has 1 aromatic carbocycles. The van der Waals surface area contributed by atoms with Crippen LogP contribution in [0, 0.1) is 0 Å². The van der Waals surface area contributed by atoms with Crippen LogP contribution in [-0.2, 0) is 6.42 Å². The first-order valence-electron chi connectivity index (χ1n) is 3.91. The molecule has 4 heteroatoms. The Morgan fingerprint density at radius 2 is 2.23 bits per heavy atom. The molecule has 72 valence electrons. The predicted octanol–water partition coefficient (Wildman–Crippen LogP) is 2.61. The van der Waals surface area contributed by atoms with E-state index in [4.69, 9.17) is 22.1 Å². The molecule has 0 fully saturated rings. The molecule has 0 spiro atoms. The topological polar surface area (TPSA) is 35.2 Å².